The fourth-order valence-corrected chi connectivity index (χ4v) is 5.61. The Bertz CT molecular complexity index is 1270. The molecule has 0 aliphatic heterocycles. The fraction of sp³-hybridized carbons (Fsp3) is 0.250. The quantitative estimate of drug-likeness (QED) is 0.452. The Morgan fingerprint density at radius 3 is 2.00 bits per heavy atom. The second-order valence-electron chi connectivity index (χ2n) is 9.09. The van der Waals surface area contributed by atoms with E-state index in [0.29, 0.717) is 12.1 Å². The van der Waals surface area contributed by atoms with Gasteiger partial charge in [-0.25, -0.2) is 0 Å². The van der Waals surface area contributed by atoms with Crippen molar-refractivity contribution in [3.8, 4) is 0 Å². The number of rotatable bonds is 5. The smallest absolute Gasteiger partial charge is 0.199 e. The summed E-state index contributed by atoms with van der Waals surface area (Å²) < 4.78 is 31.0. The minimum atomic E-state index is -3.82. The van der Waals surface area contributed by atoms with Crippen molar-refractivity contribution in [2.75, 3.05) is 0 Å². The van der Waals surface area contributed by atoms with Crippen LogP contribution in [0.25, 0.3) is 5.57 Å². The molecule has 0 radical (unpaired) electrons. The molecule has 4 rings (SSSR count). The summed E-state index contributed by atoms with van der Waals surface area (Å²) in [7, 11) is -3.82. The highest BCUT2D eigenvalue weighted by Crippen LogP contribution is 2.51. The molecule has 4 heteroatoms. The van der Waals surface area contributed by atoms with Gasteiger partial charge in [0.1, 0.15) is 0 Å². The summed E-state index contributed by atoms with van der Waals surface area (Å²) >= 11 is 0. The lowest BCUT2D eigenvalue weighted by Gasteiger charge is -2.28. The zero-order valence-electron chi connectivity index (χ0n) is 19.0. The van der Waals surface area contributed by atoms with Crippen molar-refractivity contribution in [3.63, 3.8) is 0 Å². The summed E-state index contributed by atoms with van der Waals surface area (Å²) in [4.78, 5) is 0.229. The second-order valence-corrected chi connectivity index (χ2v) is 10.7. The maximum Gasteiger partial charge on any atom is 0.282 e. The van der Waals surface area contributed by atoms with Crippen molar-refractivity contribution in [1.82, 2.24) is 0 Å². The normalized spacial score (nSPS) is 19.5. The monoisotopic (exact) mass is 443 g/mol. The van der Waals surface area contributed by atoms with E-state index in [1.165, 1.54) is 5.57 Å². The molecule has 1 aliphatic carbocycles. The van der Waals surface area contributed by atoms with E-state index in [4.69, 9.17) is 0 Å². The van der Waals surface area contributed by atoms with Crippen LogP contribution in [0, 0.1) is 18.3 Å². The summed E-state index contributed by atoms with van der Waals surface area (Å²) in [6.45, 7) is 8.40. The molecule has 0 saturated heterocycles. The average Bonchev–Trinajstić information content (AvgIpc) is 2.95. The molecule has 3 aromatic rings. The molecule has 0 heterocycles. The third-order valence-electron chi connectivity index (χ3n) is 6.57. The van der Waals surface area contributed by atoms with E-state index in [9.17, 15) is 8.42 Å². The van der Waals surface area contributed by atoms with Gasteiger partial charge in [-0.3, -0.25) is 0 Å². The Labute approximate surface area is 191 Å². The molecule has 32 heavy (non-hydrogen) atoms. The van der Waals surface area contributed by atoms with Gasteiger partial charge in [-0.05, 0) is 53.2 Å². The first kappa shape index (κ1) is 22.2. The van der Waals surface area contributed by atoms with Gasteiger partial charge in [0.05, 0.1) is 10.6 Å². The van der Waals surface area contributed by atoms with Crippen molar-refractivity contribution in [3.05, 3.63) is 107 Å². The predicted octanol–water partition coefficient (Wildman–Crippen LogP) is 6.50. The van der Waals surface area contributed by atoms with Gasteiger partial charge in [-0.1, -0.05) is 99.1 Å². The molecular weight excluding hydrogens is 414 g/mol. The fourth-order valence-electron chi connectivity index (χ4n) is 4.49. The molecule has 0 N–H and O–H groups in total. The zero-order chi connectivity index (χ0) is 22.9. The highest BCUT2D eigenvalue weighted by molar-refractivity contribution is 7.90. The lowest BCUT2D eigenvalue weighted by Crippen LogP contribution is -2.23. The number of hydrogen-bond donors (Lipinski definition) is 0. The molecule has 1 atom stereocenters. The summed E-state index contributed by atoms with van der Waals surface area (Å²) in [6.07, 6.45) is 0.640. The average molecular weight is 444 g/mol. The van der Waals surface area contributed by atoms with Gasteiger partial charge in [0.2, 0.25) is 0 Å². The van der Waals surface area contributed by atoms with Crippen molar-refractivity contribution < 1.29 is 8.42 Å². The van der Waals surface area contributed by atoms with Gasteiger partial charge in [-0.2, -0.15) is 12.8 Å². The Kier molecular flexibility index (Phi) is 5.91. The predicted molar refractivity (Wildman–Crippen MR) is 132 cm³/mol. The van der Waals surface area contributed by atoms with Crippen molar-refractivity contribution in [2.45, 2.75) is 39.0 Å². The zero-order valence-corrected chi connectivity index (χ0v) is 19.9. The highest BCUT2D eigenvalue weighted by Gasteiger charge is 2.44. The third-order valence-corrected chi connectivity index (χ3v) is 7.88. The van der Waals surface area contributed by atoms with Crippen LogP contribution in [0.1, 0.15) is 37.5 Å². The molecule has 0 bridgehead atoms. The van der Waals surface area contributed by atoms with Crippen molar-refractivity contribution >= 4 is 21.3 Å². The maximum atomic E-state index is 13.3. The SMILES string of the molecule is Cc1ccc(S(=O)(=O)/N=C2/C(Cc3ccccc3)=C(c3ccccc3)C(C)(C)C2C)cc1. The summed E-state index contributed by atoms with van der Waals surface area (Å²) in [5, 5.41) is 0. The molecule has 0 saturated carbocycles. The molecule has 0 fully saturated rings. The lowest BCUT2D eigenvalue weighted by atomic mass is 9.75. The van der Waals surface area contributed by atoms with E-state index in [-0.39, 0.29) is 16.2 Å². The van der Waals surface area contributed by atoms with E-state index < -0.39 is 10.0 Å². The molecule has 3 aromatic carbocycles. The Balaban J connectivity index is 1.92. The topological polar surface area (TPSA) is 46.5 Å². The Hall–Kier alpha value is -2.98. The van der Waals surface area contributed by atoms with Crippen molar-refractivity contribution in [2.24, 2.45) is 15.7 Å². The van der Waals surface area contributed by atoms with Crippen LogP contribution < -0.4 is 0 Å². The van der Waals surface area contributed by atoms with Crippen LogP contribution in [0.4, 0.5) is 0 Å². The van der Waals surface area contributed by atoms with E-state index in [1.54, 1.807) is 12.1 Å². The minimum absolute atomic E-state index is 0.0448. The minimum Gasteiger partial charge on any atom is -0.199 e. The summed E-state index contributed by atoms with van der Waals surface area (Å²) in [5.74, 6) is -0.0448. The van der Waals surface area contributed by atoms with Crippen LogP contribution in [0.3, 0.4) is 0 Å². The number of aryl methyl sites for hydroxylation is 1. The molecule has 0 amide bonds. The third kappa shape index (κ3) is 4.20. The molecule has 0 spiro atoms. The molecule has 0 aromatic heterocycles. The highest BCUT2D eigenvalue weighted by atomic mass is 32.2. The second kappa shape index (κ2) is 8.51. The van der Waals surface area contributed by atoms with E-state index in [1.807, 2.05) is 55.5 Å². The van der Waals surface area contributed by atoms with Gasteiger partial charge in [-0.15, -0.1) is 0 Å². The van der Waals surface area contributed by atoms with Gasteiger partial charge < -0.3 is 0 Å². The maximum absolute atomic E-state index is 13.3. The number of sulfonamides is 1. The molecule has 164 valence electrons. The summed E-state index contributed by atoms with van der Waals surface area (Å²) in [5.41, 5.74) is 5.87. The van der Waals surface area contributed by atoms with Crippen LogP contribution in [0.15, 0.2) is 99.8 Å². The first-order chi connectivity index (χ1) is 15.2. The van der Waals surface area contributed by atoms with Crippen LogP contribution in [0.5, 0.6) is 0 Å². The van der Waals surface area contributed by atoms with E-state index >= 15 is 0 Å². The van der Waals surface area contributed by atoms with Gasteiger partial charge in [0.15, 0.2) is 0 Å². The number of benzene rings is 3. The standard InChI is InChI=1S/C28H29NO2S/c1-20-15-17-24(18-16-20)32(30,31)29-27-21(2)28(3,4)26(23-13-9-6-10-14-23)25(27)19-22-11-7-5-8-12-22/h5-18,21H,19H2,1-4H3/b29-27+. The Morgan fingerprint density at radius 1 is 0.844 bits per heavy atom. The lowest BCUT2D eigenvalue weighted by molar-refractivity contribution is 0.420. The van der Waals surface area contributed by atoms with Gasteiger partial charge >= 0.3 is 0 Å². The Morgan fingerprint density at radius 2 is 1.41 bits per heavy atom. The molecular formula is C28H29NO2S. The first-order valence-corrected chi connectivity index (χ1v) is 12.4. The molecule has 1 unspecified atom stereocenters. The van der Waals surface area contributed by atoms with Crippen LogP contribution in [-0.2, 0) is 16.4 Å². The number of nitrogens with zero attached hydrogens (tertiary/aromatic N) is 1. The number of allylic oxidation sites excluding steroid dienone is 2. The molecule has 1 aliphatic rings. The van der Waals surface area contributed by atoms with Crippen molar-refractivity contribution in [1.29, 1.82) is 0 Å². The van der Waals surface area contributed by atoms with E-state index in [0.717, 1.165) is 22.3 Å². The largest absolute Gasteiger partial charge is 0.282 e. The summed E-state index contributed by atoms with van der Waals surface area (Å²) in [6, 6.07) is 27.4. The first-order valence-electron chi connectivity index (χ1n) is 10.9. The van der Waals surface area contributed by atoms with Crippen LogP contribution in [-0.4, -0.2) is 14.1 Å². The van der Waals surface area contributed by atoms with Crippen LogP contribution >= 0.6 is 0 Å². The van der Waals surface area contributed by atoms with Crippen LogP contribution in [0.2, 0.25) is 0 Å². The van der Waals surface area contributed by atoms with Gasteiger partial charge in [0.25, 0.3) is 10.0 Å². The van der Waals surface area contributed by atoms with Gasteiger partial charge in [0, 0.05) is 5.92 Å². The number of hydrogen-bond acceptors (Lipinski definition) is 2. The molecule has 3 nitrogen and oxygen atoms in total. The van der Waals surface area contributed by atoms with E-state index in [2.05, 4.69) is 49.4 Å².